The molecule has 19 heavy (non-hydrogen) atoms. The van der Waals surface area contributed by atoms with E-state index < -0.39 is 11.9 Å². The molecule has 0 N–H and O–H groups in total. The van der Waals surface area contributed by atoms with Crippen molar-refractivity contribution in [3.8, 4) is 11.5 Å². The maximum atomic E-state index is 11.2. The normalized spacial score (nSPS) is 9.63. The summed E-state index contributed by atoms with van der Waals surface area (Å²) < 4.78 is 9.68. The Morgan fingerprint density at radius 3 is 2.05 bits per heavy atom. The first-order chi connectivity index (χ1) is 8.90. The summed E-state index contributed by atoms with van der Waals surface area (Å²) in [5.74, 6) is -1.85. The second-order valence-corrected chi connectivity index (χ2v) is 4.23. The molecule has 0 fully saturated rings. The molecule has 0 saturated carbocycles. The van der Waals surface area contributed by atoms with E-state index in [2.05, 4.69) is 13.2 Å². The van der Waals surface area contributed by atoms with Crippen molar-refractivity contribution in [1.82, 2.24) is 0 Å². The summed E-state index contributed by atoms with van der Waals surface area (Å²) in [5.41, 5.74) is 0. The largest absolute Gasteiger partial charge is 0.422 e. The lowest BCUT2D eigenvalue weighted by atomic mass is 10.3. The fourth-order valence-electron chi connectivity index (χ4n) is 1.01. The molecule has 0 aliphatic rings. The molecule has 1 aromatic carbocycles. The highest BCUT2D eigenvalue weighted by molar-refractivity contribution is 6.45. The lowest BCUT2D eigenvalue weighted by molar-refractivity contribution is -0.129. The first-order valence-electron chi connectivity index (χ1n) is 4.76. The van der Waals surface area contributed by atoms with Crippen molar-refractivity contribution in [2.75, 3.05) is 0 Å². The van der Waals surface area contributed by atoms with Crippen LogP contribution in [-0.2, 0) is 9.59 Å². The van der Waals surface area contributed by atoms with Gasteiger partial charge in [-0.15, -0.1) is 0 Å². The molecular weight excluding hydrogens is 314 g/mol. The van der Waals surface area contributed by atoms with Gasteiger partial charge in [0.05, 0.1) is 5.02 Å². The number of hydrogen-bond donors (Lipinski definition) is 0. The van der Waals surface area contributed by atoms with Gasteiger partial charge in [-0.1, -0.05) is 48.0 Å². The SMILES string of the molecule is C=CC(=O)Oc1cc(Cl)c(Cl)c(OC(=O)C=C)c1Cl. The van der Waals surface area contributed by atoms with Crippen LogP contribution in [0.2, 0.25) is 15.1 Å². The highest BCUT2D eigenvalue weighted by atomic mass is 35.5. The molecule has 0 unspecified atom stereocenters. The van der Waals surface area contributed by atoms with Crippen molar-refractivity contribution in [2.45, 2.75) is 0 Å². The van der Waals surface area contributed by atoms with Gasteiger partial charge in [-0.3, -0.25) is 0 Å². The van der Waals surface area contributed by atoms with Gasteiger partial charge >= 0.3 is 11.9 Å². The van der Waals surface area contributed by atoms with Crippen LogP contribution in [0.1, 0.15) is 0 Å². The van der Waals surface area contributed by atoms with Gasteiger partial charge < -0.3 is 9.47 Å². The van der Waals surface area contributed by atoms with Gasteiger partial charge in [0.2, 0.25) is 0 Å². The van der Waals surface area contributed by atoms with E-state index in [-0.39, 0.29) is 26.6 Å². The molecule has 7 heteroatoms. The van der Waals surface area contributed by atoms with Crippen LogP contribution in [0.25, 0.3) is 0 Å². The minimum absolute atomic E-state index is 0.00444. The lowest BCUT2D eigenvalue weighted by Crippen LogP contribution is -2.07. The Kier molecular flexibility index (Phi) is 5.42. The van der Waals surface area contributed by atoms with E-state index >= 15 is 0 Å². The van der Waals surface area contributed by atoms with Crippen LogP contribution in [0.15, 0.2) is 31.4 Å². The molecule has 1 aromatic rings. The summed E-state index contributed by atoms with van der Waals surface area (Å²) in [7, 11) is 0. The highest BCUT2D eigenvalue weighted by Gasteiger charge is 2.20. The number of benzene rings is 1. The van der Waals surface area contributed by atoms with E-state index in [0.29, 0.717) is 0 Å². The molecule has 0 spiro atoms. The average molecular weight is 322 g/mol. The van der Waals surface area contributed by atoms with E-state index in [0.717, 1.165) is 12.2 Å². The van der Waals surface area contributed by atoms with Crippen molar-refractivity contribution >= 4 is 46.7 Å². The Labute approximate surface area is 124 Å². The summed E-state index contributed by atoms with van der Waals surface area (Å²) >= 11 is 17.6. The van der Waals surface area contributed by atoms with E-state index in [4.69, 9.17) is 44.3 Å². The summed E-state index contributed by atoms with van der Waals surface area (Å²) in [4.78, 5) is 22.3. The summed E-state index contributed by atoms with van der Waals surface area (Å²) in [5, 5.41) is -0.246. The zero-order valence-corrected chi connectivity index (χ0v) is 11.7. The van der Waals surface area contributed by atoms with Crippen LogP contribution in [0.5, 0.6) is 11.5 Å². The van der Waals surface area contributed by atoms with Crippen LogP contribution in [0.3, 0.4) is 0 Å². The lowest BCUT2D eigenvalue weighted by Gasteiger charge is -2.11. The van der Waals surface area contributed by atoms with Gasteiger partial charge in [-0.05, 0) is 0 Å². The number of esters is 2. The molecule has 0 radical (unpaired) electrons. The van der Waals surface area contributed by atoms with E-state index in [1.165, 1.54) is 6.07 Å². The highest BCUT2D eigenvalue weighted by Crippen LogP contribution is 2.44. The Morgan fingerprint density at radius 2 is 1.53 bits per heavy atom. The molecule has 1 rings (SSSR count). The van der Waals surface area contributed by atoms with Crippen LogP contribution >= 0.6 is 34.8 Å². The van der Waals surface area contributed by atoms with Crippen molar-refractivity contribution in [2.24, 2.45) is 0 Å². The maximum Gasteiger partial charge on any atom is 0.335 e. The topological polar surface area (TPSA) is 52.6 Å². The standard InChI is InChI=1S/C12H7Cl3O4/c1-3-8(16)18-7-5-6(13)10(14)12(11(7)15)19-9(17)4-2/h3-5H,1-2H2. The third-order valence-electron chi connectivity index (χ3n) is 1.83. The second kappa shape index (κ2) is 6.61. The molecule has 0 atom stereocenters. The van der Waals surface area contributed by atoms with Crippen LogP contribution in [0.4, 0.5) is 0 Å². The number of hydrogen-bond acceptors (Lipinski definition) is 4. The van der Waals surface area contributed by atoms with Crippen LogP contribution < -0.4 is 9.47 Å². The molecular formula is C12H7Cl3O4. The molecule has 0 aromatic heterocycles. The predicted molar refractivity (Wildman–Crippen MR) is 73.1 cm³/mol. The number of halogens is 3. The summed E-state index contributed by atoms with van der Waals surface area (Å²) in [6.45, 7) is 6.47. The quantitative estimate of drug-likeness (QED) is 0.366. The number of rotatable bonds is 4. The molecule has 0 heterocycles. The fraction of sp³-hybridized carbons (Fsp3) is 0. The van der Waals surface area contributed by atoms with E-state index in [1.807, 2.05) is 0 Å². The Bertz CT molecular complexity index is 567. The van der Waals surface area contributed by atoms with E-state index in [1.54, 1.807) is 0 Å². The first-order valence-corrected chi connectivity index (χ1v) is 5.90. The van der Waals surface area contributed by atoms with Crippen LogP contribution in [0, 0.1) is 0 Å². The van der Waals surface area contributed by atoms with Gasteiger partial charge in [0, 0.05) is 18.2 Å². The molecule has 0 bridgehead atoms. The van der Waals surface area contributed by atoms with Crippen LogP contribution in [-0.4, -0.2) is 11.9 Å². The minimum atomic E-state index is -0.785. The zero-order valence-electron chi connectivity index (χ0n) is 9.41. The van der Waals surface area contributed by atoms with Gasteiger partial charge in [-0.25, -0.2) is 9.59 Å². The predicted octanol–water partition coefficient (Wildman–Crippen LogP) is 3.83. The zero-order chi connectivity index (χ0) is 14.6. The smallest absolute Gasteiger partial charge is 0.335 e. The van der Waals surface area contributed by atoms with Gasteiger partial charge in [-0.2, -0.15) is 0 Å². The van der Waals surface area contributed by atoms with Gasteiger partial charge in [0.15, 0.2) is 11.5 Å². The van der Waals surface area contributed by atoms with Gasteiger partial charge in [0.1, 0.15) is 10.0 Å². The van der Waals surface area contributed by atoms with Crippen molar-refractivity contribution in [3.63, 3.8) is 0 Å². The number of carbonyl (C=O) groups is 2. The molecule has 0 amide bonds. The molecule has 0 aliphatic heterocycles. The summed E-state index contributed by atoms with van der Waals surface area (Å²) in [6, 6.07) is 1.22. The Balaban J connectivity index is 3.29. The summed E-state index contributed by atoms with van der Waals surface area (Å²) in [6.07, 6.45) is 1.86. The number of carbonyl (C=O) groups excluding carboxylic acids is 2. The average Bonchev–Trinajstić information content (AvgIpc) is 2.40. The van der Waals surface area contributed by atoms with Gasteiger partial charge in [0.25, 0.3) is 0 Å². The number of ether oxygens (including phenoxy) is 2. The monoisotopic (exact) mass is 320 g/mol. The molecule has 100 valence electrons. The molecule has 0 aliphatic carbocycles. The third kappa shape index (κ3) is 3.73. The minimum Gasteiger partial charge on any atom is -0.422 e. The van der Waals surface area contributed by atoms with Crippen molar-refractivity contribution in [3.05, 3.63) is 46.4 Å². The Morgan fingerprint density at radius 1 is 1.00 bits per heavy atom. The molecule has 4 nitrogen and oxygen atoms in total. The van der Waals surface area contributed by atoms with E-state index in [9.17, 15) is 9.59 Å². The fourth-order valence-corrected chi connectivity index (χ4v) is 1.66. The molecule has 0 saturated heterocycles. The third-order valence-corrected chi connectivity index (χ3v) is 2.96. The van der Waals surface area contributed by atoms with Crippen molar-refractivity contribution in [1.29, 1.82) is 0 Å². The first kappa shape index (κ1) is 15.6. The second-order valence-electron chi connectivity index (χ2n) is 3.06. The van der Waals surface area contributed by atoms with Crippen molar-refractivity contribution < 1.29 is 19.1 Å². The maximum absolute atomic E-state index is 11.2. The Hall–Kier alpha value is -1.49.